The molecule has 0 saturated carbocycles. The quantitative estimate of drug-likeness (QED) is 0.0909. The van der Waals surface area contributed by atoms with E-state index in [4.69, 9.17) is 9.72 Å². The van der Waals surface area contributed by atoms with Crippen molar-refractivity contribution in [1.29, 1.82) is 0 Å². The molecule has 3 fully saturated rings. The molecule has 3 aliphatic rings. The largest absolute Gasteiger partial charge is 0.479 e. The van der Waals surface area contributed by atoms with Gasteiger partial charge in [-0.25, -0.2) is 18.7 Å². The summed E-state index contributed by atoms with van der Waals surface area (Å²) in [4.78, 5) is 70.9. The fraction of sp³-hybridized carbons (Fsp3) is 0.386. The highest BCUT2D eigenvalue weighted by Gasteiger charge is 2.31. The average Bonchev–Trinajstić information content (AvgIpc) is 3.74. The second-order valence-electron chi connectivity index (χ2n) is 16.1. The lowest BCUT2D eigenvalue weighted by atomic mass is 9.93. The van der Waals surface area contributed by atoms with E-state index in [1.165, 1.54) is 13.2 Å². The van der Waals surface area contributed by atoms with Crippen LogP contribution in [-0.4, -0.2) is 120 Å². The SMILES string of the molecule is CCN(C)S(=O)(=O)Nc1ccc(F)c(C(=O)c2c[nH]c3ncc(-c4ccc(N5CCC(NCC(=O)N6CCC(c7ccc(OC8CCC(=O)NC8=O)cn7)CC6)CC5)nc4)cc23)c1F. The number of piperidine rings is 3. The number of amides is 3. The van der Waals surface area contributed by atoms with E-state index in [9.17, 15) is 27.6 Å². The molecule has 3 saturated heterocycles. The molecule has 0 bridgehead atoms. The molecule has 17 nitrogen and oxygen atoms in total. The van der Waals surface area contributed by atoms with Crippen molar-refractivity contribution >= 4 is 56.3 Å². The van der Waals surface area contributed by atoms with Gasteiger partial charge in [-0.15, -0.1) is 0 Å². The van der Waals surface area contributed by atoms with Crippen LogP contribution in [0.1, 0.15) is 73.0 Å². The number of ether oxygens (including phenoxy) is 1. The number of carbonyl (C=O) groups is 4. The predicted octanol–water partition coefficient (Wildman–Crippen LogP) is 4.29. The third-order valence-corrected chi connectivity index (χ3v) is 13.7. The predicted molar refractivity (Wildman–Crippen MR) is 233 cm³/mol. The number of hydrogen-bond acceptors (Lipinski definition) is 12. The topological polar surface area (TPSA) is 212 Å². The summed E-state index contributed by atoms with van der Waals surface area (Å²) >= 11 is 0. The number of nitrogens with zero attached hydrogens (tertiary/aromatic N) is 6. The summed E-state index contributed by atoms with van der Waals surface area (Å²) in [6, 6.07) is 11.1. The second-order valence-corrected chi connectivity index (χ2v) is 17.9. The summed E-state index contributed by atoms with van der Waals surface area (Å²) in [5.41, 5.74) is 1.05. The zero-order valence-electron chi connectivity index (χ0n) is 35.3. The van der Waals surface area contributed by atoms with Gasteiger partial charge in [0.05, 0.1) is 24.0 Å². The molecule has 7 heterocycles. The van der Waals surface area contributed by atoms with Crippen molar-refractivity contribution in [3.63, 3.8) is 0 Å². The second kappa shape index (κ2) is 18.8. The van der Waals surface area contributed by atoms with Gasteiger partial charge in [-0.2, -0.15) is 12.7 Å². The number of nitrogens with one attached hydrogen (secondary N) is 4. The van der Waals surface area contributed by atoms with E-state index in [2.05, 4.69) is 35.2 Å². The number of carbonyl (C=O) groups excluding carboxylic acids is 4. The number of ketones is 1. The zero-order chi connectivity index (χ0) is 45.1. The normalized spacial score (nSPS) is 17.8. The molecule has 64 heavy (non-hydrogen) atoms. The summed E-state index contributed by atoms with van der Waals surface area (Å²) in [6.45, 7) is 4.70. The number of aromatic amines is 1. The van der Waals surface area contributed by atoms with E-state index in [0.717, 1.165) is 66.7 Å². The van der Waals surface area contributed by atoms with Crippen LogP contribution in [-0.2, 0) is 24.6 Å². The van der Waals surface area contributed by atoms with E-state index in [-0.39, 0.29) is 48.8 Å². The van der Waals surface area contributed by atoms with Crippen LogP contribution in [0, 0.1) is 11.6 Å². The number of pyridine rings is 3. The van der Waals surface area contributed by atoms with Gasteiger partial charge in [0.1, 0.15) is 23.0 Å². The molecule has 4 N–H and O–H groups in total. The van der Waals surface area contributed by atoms with E-state index < -0.39 is 50.9 Å². The Hall–Kier alpha value is -6.38. The van der Waals surface area contributed by atoms with E-state index in [1.807, 2.05) is 23.1 Å². The third kappa shape index (κ3) is 9.58. The fourth-order valence-electron chi connectivity index (χ4n) is 8.19. The van der Waals surface area contributed by atoms with Gasteiger partial charge in [0.2, 0.25) is 17.6 Å². The van der Waals surface area contributed by atoms with Crippen molar-refractivity contribution in [3.05, 3.63) is 95.7 Å². The Labute approximate surface area is 368 Å². The molecule has 3 aliphatic heterocycles. The number of benzene rings is 1. The van der Waals surface area contributed by atoms with E-state index in [0.29, 0.717) is 47.4 Å². The highest BCUT2D eigenvalue weighted by atomic mass is 32.2. The Morgan fingerprint density at radius 3 is 2.38 bits per heavy atom. The number of anilines is 2. The Bertz CT molecular complexity index is 2670. The summed E-state index contributed by atoms with van der Waals surface area (Å²) < 4.78 is 64.5. The maximum Gasteiger partial charge on any atom is 0.301 e. The smallest absolute Gasteiger partial charge is 0.301 e. The van der Waals surface area contributed by atoms with Crippen LogP contribution in [0.3, 0.4) is 0 Å². The number of fused-ring (bicyclic) bond motifs is 1. The van der Waals surface area contributed by atoms with Crippen molar-refractivity contribution in [3.8, 4) is 16.9 Å². The number of rotatable bonds is 14. The van der Waals surface area contributed by atoms with Crippen LogP contribution < -0.4 is 25.0 Å². The molecule has 5 aromatic rings. The van der Waals surface area contributed by atoms with Gasteiger partial charge in [-0.05, 0) is 68.1 Å². The van der Waals surface area contributed by atoms with Crippen LogP contribution in [0.15, 0.2) is 67.3 Å². The first-order chi connectivity index (χ1) is 30.8. The van der Waals surface area contributed by atoms with Gasteiger partial charge in [0.25, 0.3) is 5.91 Å². The molecule has 0 spiro atoms. The van der Waals surface area contributed by atoms with Crippen LogP contribution in [0.2, 0.25) is 0 Å². The number of H-pyrrole nitrogens is 1. The van der Waals surface area contributed by atoms with Crippen molar-refractivity contribution < 1.29 is 41.1 Å². The van der Waals surface area contributed by atoms with Gasteiger partial charge in [0.15, 0.2) is 11.9 Å². The Balaban J connectivity index is 0.812. The molecule has 20 heteroatoms. The third-order valence-electron chi connectivity index (χ3n) is 12.1. The lowest BCUT2D eigenvalue weighted by molar-refractivity contribution is -0.139. The summed E-state index contributed by atoms with van der Waals surface area (Å²) in [5.74, 6) is -2.67. The minimum atomic E-state index is -4.15. The van der Waals surface area contributed by atoms with Crippen molar-refractivity contribution in [2.24, 2.45) is 0 Å². The molecule has 1 unspecified atom stereocenters. The molecule has 3 amide bonds. The molecule has 1 atom stereocenters. The Morgan fingerprint density at radius 2 is 1.69 bits per heavy atom. The number of imide groups is 1. The molecule has 0 radical (unpaired) electrons. The molecular weight excluding hydrogens is 851 g/mol. The van der Waals surface area contributed by atoms with Crippen molar-refractivity contribution in [2.75, 3.05) is 55.9 Å². The number of halogens is 2. The maximum absolute atomic E-state index is 15.6. The minimum Gasteiger partial charge on any atom is -0.479 e. The highest BCUT2D eigenvalue weighted by molar-refractivity contribution is 7.90. The summed E-state index contributed by atoms with van der Waals surface area (Å²) in [6.07, 6.45) is 9.30. The van der Waals surface area contributed by atoms with Crippen LogP contribution in [0.25, 0.3) is 22.2 Å². The molecule has 4 aromatic heterocycles. The lowest BCUT2D eigenvalue weighted by Gasteiger charge is -2.35. The Morgan fingerprint density at radius 1 is 0.922 bits per heavy atom. The van der Waals surface area contributed by atoms with Gasteiger partial charge < -0.3 is 24.8 Å². The molecule has 336 valence electrons. The number of aromatic nitrogens is 4. The van der Waals surface area contributed by atoms with E-state index in [1.54, 1.807) is 37.6 Å². The summed E-state index contributed by atoms with van der Waals surface area (Å²) in [7, 11) is -2.85. The summed E-state index contributed by atoms with van der Waals surface area (Å²) in [5, 5.41) is 6.06. The Kier molecular flexibility index (Phi) is 13.0. The first-order valence-electron chi connectivity index (χ1n) is 21.2. The standard InChI is InChI=1S/C44H48F2N10O7S/c1-3-54(2)64(61,62)53-35-8-6-33(45)40(41(35)46)42(59)32-24-51-43-31(32)20-28(22-50-43)27-4-10-37(49-21-27)55-18-14-29(15-19-55)47-25-39(58)56-16-12-26(13-17-56)34-7-5-30(23-48-34)63-36-9-11-38(57)52-44(36)60/h4-8,10,20-24,26,29,36,47,53H,3,9,11-19,25H2,1-2H3,(H,50,51)(H,52,57,60). The van der Waals surface area contributed by atoms with Gasteiger partial charge in [-0.3, -0.25) is 34.2 Å². The maximum atomic E-state index is 15.6. The monoisotopic (exact) mass is 898 g/mol. The first kappa shape index (κ1) is 44.2. The van der Waals surface area contributed by atoms with Gasteiger partial charge >= 0.3 is 10.2 Å². The van der Waals surface area contributed by atoms with Crippen LogP contribution in [0.4, 0.5) is 20.3 Å². The van der Waals surface area contributed by atoms with Crippen LogP contribution >= 0.6 is 0 Å². The number of hydrogen-bond donors (Lipinski definition) is 4. The zero-order valence-corrected chi connectivity index (χ0v) is 36.1. The first-order valence-corrected chi connectivity index (χ1v) is 22.6. The average molecular weight is 899 g/mol. The lowest BCUT2D eigenvalue weighted by Crippen LogP contribution is -2.48. The van der Waals surface area contributed by atoms with Gasteiger partial charge in [0, 0.05) is 111 Å². The van der Waals surface area contributed by atoms with Gasteiger partial charge in [-0.1, -0.05) is 6.92 Å². The fourth-order valence-corrected chi connectivity index (χ4v) is 9.12. The number of likely N-dealkylation sites (tertiary alicyclic amines) is 1. The van der Waals surface area contributed by atoms with Crippen LogP contribution in [0.5, 0.6) is 5.75 Å². The molecule has 8 rings (SSSR count). The van der Waals surface area contributed by atoms with Crippen molar-refractivity contribution in [2.45, 2.75) is 63.5 Å². The molecule has 0 aliphatic carbocycles. The van der Waals surface area contributed by atoms with Crippen molar-refractivity contribution in [1.82, 2.24) is 39.8 Å². The minimum absolute atomic E-state index is 0.0434. The van der Waals surface area contributed by atoms with E-state index >= 15 is 8.78 Å². The molecular formula is C44H48F2N10O7S. The highest BCUT2D eigenvalue weighted by Crippen LogP contribution is 2.32. The molecule has 1 aromatic carbocycles.